The van der Waals surface area contributed by atoms with E-state index in [4.69, 9.17) is 18.5 Å². The highest BCUT2D eigenvalue weighted by atomic mass is 31.2. The molecule has 0 aromatic heterocycles. The summed E-state index contributed by atoms with van der Waals surface area (Å²) in [5.41, 5.74) is 0. The van der Waals surface area contributed by atoms with Gasteiger partial charge in [0, 0.05) is 12.8 Å². The molecule has 490 valence electrons. The Balaban J connectivity index is 3.94. The number of likely N-dealkylation sites (N-methyl/N-ethyl adjacent to an activating group) is 1. The Bertz CT molecular complexity index is 1340. The first-order chi connectivity index (χ1) is 40.0. The summed E-state index contributed by atoms with van der Waals surface area (Å²) in [5.74, 6) is -0.802. The summed E-state index contributed by atoms with van der Waals surface area (Å²) < 4.78 is 34.4. The van der Waals surface area contributed by atoms with Crippen LogP contribution in [0, 0.1) is 0 Å². The summed E-state index contributed by atoms with van der Waals surface area (Å²) in [6, 6.07) is 0. The van der Waals surface area contributed by atoms with E-state index >= 15 is 0 Å². The van der Waals surface area contributed by atoms with Crippen LogP contribution in [0.5, 0.6) is 0 Å². The van der Waals surface area contributed by atoms with Crippen molar-refractivity contribution in [3.05, 3.63) is 0 Å². The minimum Gasteiger partial charge on any atom is -0.756 e. The molecule has 0 N–H and O–H groups in total. The number of carbonyl (C=O) groups excluding carboxylic acids is 2. The highest BCUT2D eigenvalue weighted by Crippen LogP contribution is 2.38. The third-order valence-electron chi connectivity index (χ3n) is 17.1. The maximum absolute atomic E-state index is 12.9. The maximum atomic E-state index is 12.9. The average molecular weight is 1180 g/mol. The Morgan fingerprint density at radius 2 is 0.549 bits per heavy atom. The van der Waals surface area contributed by atoms with Crippen LogP contribution in [-0.2, 0) is 32.7 Å². The molecule has 0 heterocycles. The molecule has 10 heteroatoms. The third-order valence-corrected chi connectivity index (χ3v) is 18.1. The van der Waals surface area contributed by atoms with Gasteiger partial charge in [-0.05, 0) is 12.8 Å². The van der Waals surface area contributed by atoms with E-state index < -0.39 is 26.5 Å². The van der Waals surface area contributed by atoms with Crippen molar-refractivity contribution in [1.29, 1.82) is 0 Å². The van der Waals surface area contributed by atoms with Gasteiger partial charge in [0.1, 0.15) is 19.8 Å². The van der Waals surface area contributed by atoms with E-state index in [1.165, 1.54) is 334 Å². The van der Waals surface area contributed by atoms with Gasteiger partial charge < -0.3 is 27.9 Å². The van der Waals surface area contributed by atoms with E-state index in [1.54, 1.807) is 0 Å². The first-order valence-corrected chi connectivity index (χ1v) is 38.2. The molecule has 0 aliphatic heterocycles. The van der Waals surface area contributed by atoms with Gasteiger partial charge >= 0.3 is 11.9 Å². The van der Waals surface area contributed by atoms with E-state index in [-0.39, 0.29) is 32.0 Å². The molecule has 0 radical (unpaired) electrons. The van der Waals surface area contributed by atoms with Crippen LogP contribution in [0.15, 0.2) is 0 Å². The van der Waals surface area contributed by atoms with Gasteiger partial charge in [-0.3, -0.25) is 14.2 Å². The Kier molecular flexibility index (Phi) is 63.7. The van der Waals surface area contributed by atoms with Crippen molar-refractivity contribution in [1.82, 2.24) is 0 Å². The van der Waals surface area contributed by atoms with Gasteiger partial charge in [-0.25, -0.2) is 0 Å². The second kappa shape index (κ2) is 64.5. The largest absolute Gasteiger partial charge is 0.756 e. The number of quaternary nitrogens is 1. The zero-order valence-electron chi connectivity index (χ0n) is 56.0. The van der Waals surface area contributed by atoms with Crippen molar-refractivity contribution in [3.63, 3.8) is 0 Å². The Hall–Kier alpha value is -0.990. The number of esters is 2. The molecule has 0 aromatic rings. The fourth-order valence-corrected chi connectivity index (χ4v) is 12.2. The summed E-state index contributed by atoms with van der Waals surface area (Å²) in [5, 5.41) is 0. The SMILES string of the molecule is CCCCCCCCCCCCCCCCCCCCCCCCCCCCCCCCCCC(=O)OC(COC(=O)CCCCCCCCCCCCCCCCCCCCCCCCCCCC)COP(=O)([O-])OCC[N+](C)(C)C. The topological polar surface area (TPSA) is 111 Å². The molecule has 0 amide bonds. The molecule has 0 aromatic carbocycles. The van der Waals surface area contributed by atoms with Crippen molar-refractivity contribution in [2.75, 3.05) is 47.5 Å². The van der Waals surface area contributed by atoms with Gasteiger partial charge in [-0.2, -0.15) is 0 Å². The summed E-state index contributed by atoms with van der Waals surface area (Å²) in [6.45, 7) is 4.34. The predicted octanol–water partition coefficient (Wildman–Crippen LogP) is 23.1. The first kappa shape index (κ1) is 81.0. The fraction of sp³-hybridized carbons (Fsp3) is 0.972. The van der Waals surface area contributed by atoms with E-state index in [2.05, 4.69) is 13.8 Å². The number of phosphoric acid groups is 1. The van der Waals surface area contributed by atoms with Crippen LogP contribution >= 0.6 is 7.82 Å². The van der Waals surface area contributed by atoms with E-state index in [0.717, 1.165) is 32.1 Å². The first-order valence-electron chi connectivity index (χ1n) is 36.7. The molecular formula is C72H144NO8P. The van der Waals surface area contributed by atoms with Gasteiger partial charge in [0.25, 0.3) is 7.82 Å². The highest BCUT2D eigenvalue weighted by Gasteiger charge is 2.22. The summed E-state index contributed by atoms with van der Waals surface area (Å²) >= 11 is 0. The van der Waals surface area contributed by atoms with Gasteiger partial charge in [-0.15, -0.1) is 0 Å². The minimum absolute atomic E-state index is 0.0247. The van der Waals surface area contributed by atoms with Crippen LogP contribution in [0.3, 0.4) is 0 Å². The Morgan fingerprint density at radius 1 is 0.329 bits per heavy atom. The monoisotopic (exact) mass is 1180 g/mol. The van der Waals surface area contributed by atoms with Crippen LogP contribution in [0.1, 0.15) is 399 Å². The van der Waals surface area contributed by atoms with Crippen LogP contribution in [0.4, 0.5) is 0 Å². The van der Waals surface area contributed by atoms with Crippen LogP contribution in [-0.4, -0.2) is 70.0 Å². The Labute approximate surface area is 512 Å². The van der Waals surface area contributed by atoms with Crippen molar-refractivity contribution in [3.8, 4) is 0 Å². The van der Waals surface area contributed by atoms with E-state index in [9.17, 15) is 19.0 Å². The number of hydrogen-bond acceptors (Lipinski definition) is 8. The lowest BCUT2D eigenvalue weighted by Crippen LogP contribution is -2.37. The van der Waals surface area contributed by atoms with Gasteiger partial charge in [-0.1, -0.05) is 373 Å². The quantitative estimate of drug-likeness (QED) is 0.0256. The van der Waals surface area contributed by atoms with Crippen molar-refractivity contribution in [2.45, 2.75) is 405 Å². The second-order valence-electron chi connectivity index (χ2n) is 26.7. The number of carbonyl (C=O) groups is 2. The minimum atomic E-state index is -4.64. The number of phosphoric ester groups is 1. The molecule has 0 fully saturated rings. The lowest BCUT2D eigenvalue weighted by atomic mass is 10.0. The van der Waals surface area contributed by atoms with Gasteiger partial charge in [0.15, 0.2) is 6.10 Å². The fourth-order valence-electron chi connectivity index (χ4n) is 11.5. The second-order valence-corrected chi connectivity index (χ2v) is 28.1. The molecule has 2 atom stereocenters. The molecule has 0 saturated heterocycles. The number of nitrogens with zero attached hydrogens (tertiary/aromatic N) is 1. The number of hydrogen-bond donors (Lipinski definition) is 0. The van der Waals surface area contributed by atoms with Gasteiger partial charge in [0.05, 0.1) is 27.7 Å². The number of rotatable bonds is 70. The van der Waals surface area contributed by atoms with Crippen LogP contribution < -0.4 is 4.89 Å². The third kappa shape index (κ3) is 68.1. The lowest BCUT2D eigenvalue weighted by molar-refractivity contribution is -0.870. The average Bonchev–Trinajstić information content (AvgIpc) is 3.46. The number of unbranched alkanes of at least 4 members (excludes halogenated alkanes) is 56. The van der Waals surface area contributed by atoms with Crippen molar-refractivity contribution < 1.29 is 42.1 Å². The molecule has 82 heavy (non-hydrogen) atoms. The zero-order valence-corrected chi connectivity index (χ0v) is 56.9. The smallest absolute Gasteiger partial charge is 0.306 e. The van der Waals surface area contributed by atoms with E-state index in [0.29, 0.717) is 17.4 Å². The van der Waals surface area contributed by atoms with Crippen molar-refractivity contribution >= 4 is 19.8 Å². The zero-order chi connectivity index (χ0) is 59.8. The molecule has 0 saturated carbocycles. The molecular weight excluding hydrogens is 1040 g/mol. The standard InChI is InChI=1S/C72H144NO8P/c1-6-8-10-12-14-16-18-20-22-24-26-28-30-32-34-35-36-37-38-39-41-43-45-47-49-51-53-55-57-59-61-63-65-72(75)81-70(69-80-82(76,77)79-67-66-73(3,4)5)68-78-71(74)64-62-60-58-56-54-52-50-48-46-44-42-40-33-31-29-27-25-23-21-19-17-15-13-11-9-7-2/h70H,6-69H2,1-5H3. The predicted molar refractivity (Wildman–Crippen MR) is 352 cm³/mol. The van der Waals surface area contributed by atoms with Crippen LogP contribution in [0.25, 0.3) is 0 Å². The Morgan fingerprint density at radius 3 is 0.780 bits per heavy atom. The summed E-state index contributed by atoms with van der Waals surface area (Å²) in [6.07, 6.45) is 77.8. The molecule has 0 bridgehead atoms. The molecule has 0 aliphatic carbocycles. The summed E-state index contributed by atoms with van der Waals surface area (Å²) in [7, 11) is 1.20. The molecule has 9 nitrogen and oxygen atoms in total. The number of ether oxygens (including phenoxy) is 2. The summed E-state index contributed by atoms with van der Waals surface area (Å²) in [4.78, 5) is 38.1. The lowest BCUT2D eigenvalue weighted by Gasteiger charge is -2.28. The van der Waals surface area contributed by atoms with Crippen molar-refractivity contribution in [2.24, 2.45) is 0 Å². The molecule has 0 aliphatic rings. The highest BCUT2D eigenvalue weighted by molar-refractivity contribution is 7.45. The van der Waals surface area contributed by atoms with Gasteiger partial charge in [0.2, 0.25) is 0 Å². The maximum Gasteiger partial charge on any atom is 0.306 e. The molecule has 2 unspecified atom stereocenters. The van der Waals surface area contributed by atoms with Crippen LogP contribution in [0.2, 0.25) is 0 Å². The normalized spacial score (nSPS) is 13.0. The molecule has 0 rings (SSSR count). The molecule has 0 spiro atoms. The van der Waals surface area contributed by atoms with E-state index in [1.807, 2.05) is 21.1 Å².